The largest absolute Gasteiger partial charge is 0.466 e. The molecule has 1 aliphatic heterocycles. The second-order valence-electron chi connectivity index (χ2n) is 7.13. The Morgan fingerprint density at radius 1 is 1.15 bits per heavy atom. The molecule has 1 heterocycles. The molecule has 1 atom stereocenters. The van der Waals surface area contributed by atoms with Crippen LogP contribution >= 0.6 is 0 Å². The molecule has 27 heavy (non-hydrogen) atoms. The molecule has 0 aromatic rings. The molecule has 2 N–H and O–H groups in total. The summed E-state index contributed by atoms with van der Waals surface area (Å²) in [6.45, 7) is 10.7. The van der Waals surface area contributed by atoms with Crippen LogP contribution in [0.2, 0.25) is 0 Å². The van der Waals surface area contributed by atoms with Gasteiger partial charge < -0.3 is 25.0 Å². The van der Waals surface area contributed by atoms with E-state index in [4.69, 9.17) is 9.47 Å². The lowest BCUT2D eigenvalue weighted by molar-refractivity contribution is -0.149. The lowest BCUT2D eigenvalue weighted by atomic mass is 9.97. The van der Waals surface area contributed by atoms with Gasteiger partial charge in [-0.05, 0) is 39.0 Å². The first-order valence-electron chi connectivity index (χ1n) is 9.96. The van der Waals surface area contributed by atoms with E-state index in [0.717, 1.165) is 38.3 Å². The molecule has 0 saturated carbocycles. The molecule has 0 bridgehead atoms. The average Bonchev–Trinajstić information content (AvgIpc) is 2.62. The molecule has 8 heteroatoms. The number of rotatable bonds is 8. The highest BCUT2D eigenvalue weighted by atomic mass is 16.5. The standard InChI is InChI=1S/C19H36N4O4/c1-6-26-17(24)15-8-10-23(11-9-15)18(20-5)21-13-16(12-14(3)4)22-19(25)27-7-2/h14-16H,6-13H2,1-5H3,(H,20,21)(H,22,25). The van der Waals surface area contributed by atoms with E-state index in [2.05, 4.69) is 34.4 Å². The Bertz CT molecular complexity index is 488. The monoisotopic (exact) mass is 384 g/mol. The summed E-state index contributed by atoms with van der Waals surface area (Å²) in [4.78, 5) is 30.1. The molecule has 1 rings (SSSR count). The molecule has 0 radical (unpaired) electrons. The van der Waals surface area contributed by atoms with Gasteiger partial charge in [0, 0.05) is 32.7 Å². The van der Waals surface area contributed by atoms with Gasteiger partial charge in [-0.25, -0.2) is 4.79 Å². The maximum atomic E-state index is 11.9. The summed E-state index contributed by atoms with van der Waals surface area (Å²) in [5.74, 6) is 1.10. The van der Waals surface area contributed by atoms with Crippen molar-refractivity contribution in [3.05, 3.63) is 0 Å². The van der Waals surface area contributed by atoms with Crippen molar-refractivity contribution in [2.45, 2.75) is 53.0 Å². The fraction of sp³-hybridized carbons (Fsp3) is 0.842. The normalized spacial score (nSPS) is 16.8. The third kappa shape index (κ3) is 8.49. The number of likely N-dealkylation sites (tertiary alicyclic amines) is 1. The Morgan fingerprint density at radius 2 is 1.78 bits per heavy atom. The molecule has 1 saturated heterocycles. The predicted molar refractivity (Wildman–Crippen MR) is 106 cm³/mol. The van der Waals surface area contributed by atoms with Crippen LogP contribution in [0.15, 0.2) is 4.99 Å². The van der Waals surface area contributed by atoms with Crippen LogP contribution in [0, 0.1) is 11.8 Å². The number of aliphatic imine (C=N–C) groups is 1. The Kier molecular flexibility index (Phi) is 10.6. The van der Waals surface area contributed by atoms with E-state index >= 15 is 0 Å². The number of alkyl carbamates (subject to hydrolysis) is 1. The number of guanidine groups is 1. The summed E-state index contributed by atoms with van der Waals surface area (Å²) in [5.41, 5.74) is 0. The van der Waals surface area contributed by atoms with Crippen molar-refractivity contribution in [2.75, 3.05) is 39.9 Å². The molecular formula is C19H36N4O4. The number of nitrogens with zero attached hydrogens (tertiary/aromatic N) is 2. The van der Waals surface area contributed by atoms with Gasteiger partial charge in [-0.3, -0.25) is 9.79 Å². The van der Waals surface area contributed by atoms with Crippen molar-refractivity contribution in [3.63, 3.8) is 0 Å². The lowest BCUT2D eigenvalue weighted by Crippen LogP contribution is -2.51. The van der Waals surface area contributed by atoms with E-state index in [0.29, 0.717) is 25.7 Å². The topological polar surface area (TPSA) is 92.3 Å². The van der Waals surface area contributed by atoms with Crippen LogP contribution in [0.25, 0.3) is 0 Å². The fourth-order valence-electron chi connectivity index (χ4n) is 3.24. The van der Waals surface area contributed by atoms with Crippen LogP contribution in [0.3, 0.4) is 0 Å². The second-order valence-corrected chi connectivity index (χ2v) is 7.13. The SMILES string of the molecule is CCOC(=O)NC(CNC(=NC)N1CCC(C(=O)OCC)CC1)CC(C)C. The van der Waals surface area contributed by atoms with Crippen LogP contribution in [0.1, 0.15) is 47.0 Å². The van der Waals surface area contributed by atoms with Gasteiger partial charge >= 0.3 is 12.1 Å². The van der Waals surface area contributed by atoms with Crippen LogP contribution in [-0.4, -0.2) is 68.9 Å². The number of hydrogen-bond acceptors (Lipinski definition) is 5. The number of carbonyl (C=O) groups is 2. The van der Waals surface area contributed by atoms with Crippen molar-refractivity contribution in [1.82, 2.24) is 15.5 Å². The summed E-state index contributed by atoms with van der Waals surface area (Å²) < 4.78 is 10.1. The lowest BCUT2D eigenvalue weighted by Gasteiger charge is -2.34. The van der Waals surface area contributed by atoms with Gasteiger partial charge in [0.15, 0.2) is 5.96 Å². The molecule has 1 unspecified atom stereocenters. The Labute approximate surface area is 163 Å². The van der Waals surface area contributed by atoms with E-state index in [1.165, 1.54) is 0 Å². The van der Waals surface area contributed by atoms with Crippen LogP contribution < -0.4 is 10.6 Å². The van der Waals surface area contributed by atoms with Gasteiger partial charge in [-0.15, -0.1) is 0 Å². The first-order chi connectivity index (χ1) is 12.9. The number of carbonyl (C=O) groups excluding carboxylic acids is 2. The molecule has 8 nitrogen and oxygen atoms in total. The third-order valence-corrected chi connectivity index (χ3v) is 4.49. The highest BCUT2D eigenvalue weighted by Crippen LogP contribution is 2.18. The molecule has 1 amide bonds. The van der Waals surface area contributed by atoms with E-state index in [1.807, 2.05) is 6.92 Å². The van der Waals surface area contributed by atoms with Gasteiger partial charge in [0.1, 0.15) is 0 Å². The molecular weight excluding hydrogens is 348 g/mol. The maximum absolute atomic E-state index is 11.9. The minimum atomic E-state index is -0.393. The number of piperidine rings is 1. The van der Waals surface area contributed by atoms with E-state index < -0.39 is 6.09 Å². The average molecular weight is 385 g/mol. The molecule has 0 spiro atoms. The van der Waals surface area contributed by atoms with Crippen molar-refractivity contribution in [2.24, 2.45) is 16.8 Å². The van der Waals surface area contributed by atoms with E-state index in [9.17, 15) is 9.59 Å². The molecule has 1 fully saturated rings. The molecule has 0 aromatic carbocycles. The predicted octanol–water partition coefficient (Wildman–Crippen LogP) is 2.00. The molecule has 156 valence electrons. The maximum Gasteiger partial charge on any atom is 0.407 e. The zero-order chi connectivity index (χ0) is 20.2. The zero-order valence-electron chi connectivity index (χ0n) is 17.4. The molecule has 1 aliphatic rings. The summed E-state index contributed by atoms with van der Waals surface area (Å²) in [6.07, 6.45) is 1.97. The van der Waals surface area contributed by atoms with Crippen molar-refractivity contribution in [1.29, 1.82) is 0 Å². The minimum absolute atomic E-state index is 0.0292. The van der Waals surface area contributed by atoms with Crippen molar-refractivity contribution < 1.29 is 19.1 Å². The summed E-state index contributed by atoms with van der Waals surface area (Å²) in [5, 5.41) is 6.26. The number of hydrogen-bond donors (Lipinski definition) is 2. The Hall–Kier alpha value is -1.99. The highest BCUT2D eigenvalue weighted by molar-refractivity contribution is 5.80. The molecule has 0 aromatic heterocycles. The van der Waals surface area contributed by atoms with E-state index in [-0.39, 0.29) is 17.9 Å². The third-order valence-electron chi connectivity index (χ3n) is 4.49. The van der Waals surface area contributed by atoms with Gasteiger partial charge in [-0.1, -0.05) is 13.8 Å². The fourth-order valence-corrected chi connectivity index (χ4v) is 3.24. The van der Waals surface area contributed by atoms with Crippen molar-refractivity contribution in [3.8, 4) is 0 Å². The first-order valence-corrected chi connectivity index (χ1v) is 9.96. The van der Waals surface area contributed by atoms with E-state index in [1.54, 1.807) is 14.0 Å². The summed E-state index contributed by atoms with van der Waals surface area (Å²) >= 11 is 0. The van der Waals surface area contributed by atoms with Gasteiger partial charge in [0.25, 0.3) is 0 Å². The van der Waals surface area contributed by atoms with Crippen LogP contribution in [0.5, 0.6) is 0 Å². The van der Waals surface area contributed by atoms with Gasteiger partial charge in [0.05, 0.1) is 19.1 Å². The quantitative estimate of drug-likeness (QED) is 0.378. The number of amides is 1. The van der Waals surface area contributed by atoms with Gasteiger partial charge in [0.2, 0.25) is 0 Å². The number of nitrogens with one attached hydrogen (secondary N) is 2. The van der Waals surface area contributed by atoms with Crippen LogP contribution in [0.4, 0.5) is 4.79 Å². The smallest absolute Gasteiger partial charge is 0.407 e. The van der Waals surface area contributed by atoms with Crippen LogP contribution in [-0.2, 0) is 14.3 Å². The Balaban J connectivity index is 2.53. The number of ether oxygens (including phenoxy) is 2. The highest BCUT2D eigenvalue weighted by Gasteiger charge is 2.27. The Morgan fingerprint density at radius 3 is 2.30 bits per heavy atom. The second kappa shape index (κ2) is 12.4. The van der Waals surface area contributed by atoms with Gasteiger partial charge in [-0.2, -0.15) is 0 Å². The first kappa shape index (κ1) is 23.0. The molecule has 0 aliphatic carbocycles. The summed E-state index contributed by atoms with van der Waals surface area (Å²) in [7, 11) is 1.75. The van der Waals surface area contributed by atoms with Crippen molar-refractivity contribution >= 4 is 18.0 Å². The summed E-state index contributed by atoms with van der Waals surface area (Å²) in [6, 6.07) is -0.0436. The zero-order valence-corrected chi connectivity index (χ0v) is 17.4. The minimum Gasteiger partial charge on any atom is -0.466 e. The number of esters is 1.